The average Bonchev–Trinajstić information content (AvgIpc) is 2.04. The molecule has 0 aromatic heterocycles. The molecule has 0 aliphatic heterocycles. The van der Waals surface area contributed by atoms with Crippen molar-refractivity contribution in [3.8, 4) is 0 Å². The average molecular weight is 158 g/mol. The van der Waals surface area contributed by atoms with Crippen molar-refractivity contribution in [2.24, 2.45) is 17.4 Å². The molecule has 2 atom stereocenters. The van der Waals surface area contributed by atoms with E-state index in [1.165, 1.54) is 12.8 Å². The molecule has 0 bridgehead atoms. The molecule has 2 nitrogen and oxygen atoms in total. The van der Waals surface area contributed by atoms with Gasteiger partial charge in [0.05, 0.1) is 0 Å². The first kappa shape index (κ1) is 10.9. The SMILES string of the molecule is CCC(N)CCCC(C)CN. The lowest BCUT2D eigenvalue weighted by molar-refractivity contribution is 0.473. The summed E-state index contributed by atoms with van der Waals surface area (Å²) in [5.74, 6) is 0.666. The molecular weight excluding hydrogens is 136 g/mol. The highest BCUT2D eigenvalue weighted by Gasteiger charge is 2.01. The summed E-state index contributed by atoms with van der Waals surface area (Å²) in [7, 11) is 0. The van der Waals surface area contributed by atoms with Gasteiger partial charge in [-0.3, -0.25) is 0 Å². The largest absolute Gasteiger partial charge is 0.330 e. The van der Waals surface area contributed by atoms with Gasteiger partial charge in [-0.05, 0) is 31.7 Å². The first-order valence-electron chi connectivity index (χ1n) is 4.66. The van der Waals surface area contributed by atoms with E-state index in [9.17, 15) is 0 Å². The number of rotatable bonds is 6. The van der Waals surface area contributed by atoms with E-state index in [4.69, 9.17) is 11.5 Å². The van der Waals surface area contributed by atoms with Crippen LogP contribution in [-0.4, -0.2) is 12.6 Å². The van der Waals surface area contributed by atoms with Crippen LogP contribution in [0.5, 0.6) is 0 Å². The van der Waals surface area contributed by atoms with Crippen molar-refractivity contribution in [3.05, 3.63) is 0 Å². The van der Waals surface area contributed by atoms with Crippen molar-refractivity contribution < 1.29 is 0 Å². The molecule has 4 N–H and O–H groups in total. The highest BCUT2D eigenvalue weighted by Crippen LogP contribution is 2.08. The van der Waals surface area contributed by atoms with E-state index < -0.39 is 0 Å². The Kier molecular flexibility index (Phi) is 6.57. The Balaban J connectivity index is 3.13. The molecule has 2 heteroatoms. The third-order valence-corrected chi connectivity index (χ3v) is 2.20. The van der Waals surface area contributed by atoms with E-state index in [0.29, 0.717) is 12.0 Å². The lowest BCUT2D eigenvalue weighted by atomic mass is 10.0. The third-order valence-electron chi connectivity index (χ3n) is 2.20. The van der Waals surface area contributed by atoms with Crippen LogP contribution < -0.4 is 11.5 Å². The normalized spacial score (nSPS) is 16.4. The van der Waals surface area contributed by atoms with Gasteiger partial charge in [-0.25, -0.2) is 0 Å². The van der Waals surface area contributed by atoms with Gasteiger partial charge in [0.1, 0.15) is 0 Å². The summed E-state index contributed by atoms with van der Waals surface area (Å²) in [5, 5.41) is 0. The molecule has 0 fully saturated rings. The Morgan fingerprint density at radius 1 is 1.27 bits per heavy atom. The minimum atomic E-state index is 0.403. The van der Waals surface area contributed by atoms with Crippen molar-refractivity contribution in [3.63, 3.8) is 0 Å². The molecule has 0 aromatic carbocycles. The molecule has 0 heterocycles. The van der Waals surface area contributed by atoms with Gasteiger partial charge in [0, 0.05) is 6.04 Å². The maximum Gasteiger partial charge on any atom is 0.00362 e. The molecule has 0 saturated heterocycles. The number of hydrogen-bond acceptors (Lipinski definition) is 2. The van der Waals surface area contributed by atoms with Crippen LogP contribution in [0.25, 0.3) is 0 Å². The monoisotopic (exact) mass is 158 g/mol. The lowest BCUT2D eigenvalue weighted by Crippen LogP contribution is -2.19. The third kappa shape index (κ3) is 6.32. The first-order valence-corrected chi connectivity index (χ1v) is 4.66. The molecule has 0 spiro atoms. The van der Waals surface area contributed by atoms with E-state index >= 15 is 0 Å². The fraction of sp³-hybridized carbons (Fsp3) is 1.00. The Hall–Kier alpha value is -0.0800. The molecule has 0 aliphatic carbocycles. The predicted octanol–water partition coefficient (Wildman–Crippen LogP) is 1.49. The molecule has 0 amide bonds. The van der Waals surface area contributed by atoms with Gasteiger partial charge in [0.2, 0.25) is 0 Å². The molecule has 0 saturated carbocycles. The molecule has 0 aliphatic rings. The molecule has 68 valence electrons. The van der Waals surface area contributed by atoms with E-state index in [-0.39, 0.29) is 0 Å². The number of hydrogen-bond donors (Lipinski definition) is 2. The maximum absolute atomic E-state index is 5.77. The van der Waals surface area contributed by atoms with Crippen LogP contribution in [0.15, 0.2) is 0 Å². The standard InChI is InChI=1S/C9H22N2/c1-3-9(11)6-4-5-8(2)7-10/h8-9H,3-7,10-11H2,1-2H3. The van der Waals surface area contributed by atoms with Gasteiger partial charge in [-0.2, -0.15) is 0 Å². The van der Waals surface area contributed by atoms with Crippen molar-refractivity contribution in [2.75, 3.05) is 6.54 Å². The topological polar surface area (TPSA) is 52.0 Å². The zero-order chi connectivity index (χ0) is 8.69. The Morgan fingerprint density at radius 2 is 1.91 bits per heavy atom. The second kappa shape index (κ2) is 6.62. The van der Waals surface area contributed by atoms with E-state index in [2.05, 4.69) is 13.8 Å². The molecular formula is C9H22N2. The molecule has 11 heavy (non-hydrogen) atoms. The predicted molar refractivity (Wildman–Crippen MR) is 50.3 cm³/mol. The summed E-state index contributed by atoms with van der Waals surface area (Å²) < 4.78 is 0. The van der Waals surface area contributed by atoms with Crippen LogP contribution in [0.1, 0.15) is 39.5 Å². The maximum atomic E-state index is 5.77. The van der Waals surface area contributed by atoms with Crippen LogP contribution in [-0.2, 0) is 0 Å². The van der Waals surface area contributed by atoms with Crippen molar-refractivity contribution in [2.45, 2.75) is 45.6 Å². The van der Waals surface area contributed by atoms with Gasteiger partial charge in [-0.1, -0.05) is 20.3 Å². The Morgan fingerprint density at radius 3 is 2.36 bits per heavy atom. The second-order valence-electron chi connectivity index (χ2n) is 3.44. The van der Waals surface area contributed by atoms with Gasteiger partial charge in [0.15, 0.2) is 0 Å². The van der Waals surface area contributed by atoms with Crippen LogP contribution in [0.4, 0.5) is 0 Å². The summed E-state index contributed by atoms with van der Waals surface area (Å²) in [4.78, 5) is 0. The molecule has 0 aromatic rings. The lowest BCUT2D eigenvalue weighted by Gasteiger charge is -2.10. The summed E-state index contributed by atoms with van der Waals surface area (Å²) >= 11 is 0. The van der Waals surface area contributed by atoms with Crippen molar-refractivity contribution >= 4 is 0 Å². The minimum absolute atomic E-state index is 0.403. The molecule has 0 rings (SSSR count). The Labute approximate surface area is 70.3 Å². The first-order chi connectivity index (χ1) is 5.20. The van der Waals surface area contributed by atoms with Gasteiger partial charge < -0.3 is 11.5 Å². The summed E-state index contributed by atoms with van der Waals surface area (Å²) in [6.45, 7) is 5.13. The minimum Gasteiger partial charge on any atom is -0.330 e. The summed E-state index contributed by atoms with van der Waals surface area (Å²) in [6.07, 6.45) is 4.70. The van der Waals surface area contributed by atoms with Crippen molar-refractivity contribution in [1.82, 2.24) is 0 Å². The van der Waals surface area contributed by atoms with Gasteiger partial charge in [0.25, 0.3) is 0 Å². The zero-order valence-electron chi connectivity index (χ0n) is 7.84. The fourth-order valence-electron chi connectivity index (χ4n) is 1.05. The highest BCUT2D eigenvalue weighted by atomic mass is 14.6. The number of nitrogens with two attached hydrogens (primary N) is 2. The van der Waals surface area contributed by atoms with Crippen LogP contribution in [0.3, 0.4) is 0 Å². The summed E-state index contributed by atoms with van der Waals surface area (Å²) in [5.41, 5.74) is 11.3. The Bertz CT molecular complexity index is 73.6. The van der Waals surface area contributed by atoms with Crippen molar-refractivity contribution in [1.29, 1.82) is 0 Å². The molecule has 2 unspecified atom stereocenters. The van der Waals surface area contributed by atoms with Gasteiger partial charge in [-0.15, -0.1) is 0 Å². The quantitative estimate of drug-likeness (QED) is 0.615. The zero-order valence-corrected chi connectivity index (χ0v) is 7.84. The van der Waals surface area contributed by atoms with E-state index in [1.54, 1.807) is 0 Å². The summed E-state index contributed by atoms with van der Waals surface area (Å²) in [6, 6.07) is 0.403. The van der Waals surface area contributed by atoms with Gasteiger partial charge >= 0.3 is 0 Å². The molecule has 0 radical (unpaired) electrons. The second-order valence-corrected chi connectivity index (χ2v) is 3.44. The van der Waals surface area contributed by atoms with Crippen LogP contribution >= 0.6 is 0 Å². The van der Waals surface area contributed by atoms with Crippen LogP contribution in [0.2, 0.25) is 0 Å². The smallest absolute Gasteiger partial charge is 0.00362 e. The van der Waals surface area contributed by atoms with E-state index in [0.717, 1.165) is 19.4 Å². The van der Waals surface area contributed by atoms with E-state index in [1.807, 2.05) is 0 Å². The fourth-order valence-corrected chi connectivity index (χ4v) is 1.05. The van der Waals surface area contributed by atoms with Crippen LogP contribution in [0, 0.1) is 5.92 Å². The highest BCUT2D eigenvalue weighted by molar-refractivity contribution is 4.60.